The lowest BCUT2D eigenvalue weighted by molar-refractivity contribution is -0.454. The van der Waals surface area contributed by atoms with Gasteiger partial charge in [0.25, 0.3) is 0 Å². The van der Waals surface area contributed by atoms with Crippen molar-refractivity contribution >= 4 is 6.01 Å². The lowest BCUT2D eigenvalue weighted by Gasteiger charge is -2.40. The van der Waals surface area contributed by atoms with Crippen molar-refractivity contribution in [1.82, 2.24) is 10.1 Å². The average Bonchev–Trinajstić information content (AvgIpc) is 3.31. The molecule has 2 rings (SSSR count). The predicted molar refractivity (Wildman–Crippen MR) is 70.4 cm³/mol. The van der Waals surface area contributed by atoms with Crippen molar-refractivity contribution in [2.75, 3.05) is 18.0 Å². The maximum Gasteiger partial charge on any atom is 0.460 e. The van der Waals surface area contributed by atoms with Gasteiger partial charge in [0.05, 0.1) is 0 Å². The molecule has 4 nitrogen and oxygen atoms in total. The number of rotatable bonds is 7. The van der Waals surface area contributed by atoms with E-state index in [-0.39, 0.29) is 13.1 Å². The van der Waals surface area contributed by atoms with E-state index < -0.39 is 53.6 Å². The molecule has 0 bridgehead atoms. The molecule has 0 N–H and O–H groups in total. The van der Waals surface area contributed by atoms with Crippen LogP contribution in [0.3, 0.4) is 0 Å². The van der Waals surface area contributed by atoms with Gasteiger partial charge in [-0.2, -0.15) is 70.8 Å². The number of halogens is 15. The quantitative estimate of drug-likeness (QED) is 0.458. The summed E-state index contributed by atoms with van der Waals surface area (Å²) in [6, 6.07) is -0.975. The fourth-order valence-corrected chi connectivity index (χ4v) is 2.49. The summed E-state index contributed by atoms with van der Waals surface area (Å²) in [4.78, 5) is 3.57. The Labute approximate surface area is 166 Å². The molecular formula is C13H8F15N3O. The van der Waals surface area contributed by atoms with Gasteiger partial charge in [0, 0.05) is 13.1 Å². The van der Waals surface area contributed by atoms with Crippen LogP contribution >= 0.6 is 0 Å². The van der Waals surface area contributed by atoms with Gasteiger partial charge in [-0.1, -0.05) is 5.16 Å². The molecule has 1 aliphatic heterocycles. The zero-order valence-corrected chi connectivity index (χ0v) is 14.7. The summed E-state index contributed by atoms with van der Waals surface area (Å²) in [5.41, 5.74) is 0. The zero-order valence-electron chi connectivity index (χ0n) is 14.7. The first kappa shape index (κ1) is 26.1. The van der Waals surface area contributed by atoms with Crippen LogP contribution < -0.4 is 4.90 Å². The Morgan fingerprint density at radius 2 is 1.00 bits per heavy atom. The van der Waals surface area contributed by atoms with E-state index in [0.717, 1.165) is 4.90 Å². The summed E-state index contributed by atoms with van der Waals surface area (Å²) in [5.74, 6) is -50.0. The molecule has 0 saturated carbocycles. The standard InChI is InChI=1S/C13H8F15N3O/c14-7(15,5-29-6(32-30-5)31-3-1-2-4-31)8(16,17)9(18,19)10(20,21)11(22,23)12(24,25)13(26,27)28/h1-4H2. The summed E-state index contributed by atoms with van der Waals surface area (Å²) in [6.07, 6.45) is -6.85. The normalized spacial score (nSPS) is 17.9. The molecule has 0 spiro atoms. The van der Waals surface area contributed by atoms with E-state index in [1.807, 2.05) is 0 Å². The Bertz CT molecular complexity index is 825. The van der Waals surface area contributed by atoms with Crippen LogP contribution in [0.1, 0.15) is 18.7 Å². The van der Waals surface area contributed by atoms with E-state index in [9.17, 15) is 65.9 Å². The van der Waals surface area contributed by atoms with E-state index in [4.69, 9.17) is 0 Å². The Kier molecular flexibility index (Phi) is 5.88. The van der Waals surface area contributed by atoms with E-state index in [0.29, 0.717) is 12.8 Å². The second-order valence-corrected chi connectivity index (χ2v) is 6.54. The van der Waals surface area contributed by atoms with Crippen LogP contribution in [-0.4, -0.2) is 59.0 Å². The second-order valence-electron chi connectivity index (χ2n) is 6.54. The fourth-order valence-electron chi connectivity index (χ4n) is 2.49. The van der Waals surface area contributed by atoms with Crippen LogP contribution in [-0.2, 0) is 5.92 Å². The molecule has 32 heavy (non-hydrogen) atoms. The van der Waals surface area contributed by atoms with Crippen LogP contribution in [0.25, 0.3) is 0 Å². The molecule has 2 heterocycles. The summed E-state index contributed by atoms with van der Waals surface area (Å²) < 4.78 is 202. The molecular weight excluding hydrogens is 499 g/mol. The highest BCUT2D eigenvalue weighted by Gasteiger charge is 2.93. The molecule has 0 atom stereocenters. The summed E-state index contributed by atoms with van der Waals surface area (Å²) in [7, 11) is 0. The SMILES string of the molecule is FC(F)(F)C(F)(F)C(F)(F)C(F)(F)C(F)(F)C(F)(F)C(F)(F)c1noc(N2CCCC2)n1. The van der Waals surface area contributed by atoms with Gasteiger partial charge in [0.1, 0.15) is 0 Å². The second kappa shape index (κ2) is 7.19. The minimum Gasteiger partial charge on any atom is -0.324 e. The first-order valence-electron chi connectivity index (χ1n) is 8.00. The van der Waals surface area contributed by atoms with Crippen LogP contribution in [0.2, 0.25) is 0 Å². The van der Waals surface area contributed by atoms with E-state index in [2.05, 4.69) is 14.7 Å². The predicted octanol–water partition coefficient (Wildman–Crippen LogP) is 5.50. The number of hydrogen-bond acceptors (Lipinski definition) is 4. The third-order valence-electron chi connectivity index (χ3n) is 4.40. The number of alkyl halides is 15. The molecule has 0 amide bonds. The highest BCUT2D eigenvalue weighted by Crippen LogP contribution is 2.63. The van der Waals surface area contributed by atoms with Gasteiger partial charge in [-0.3, -0.25) is 0 Å². The molecule has 1 aromatic rings. The van der Waals surface area contributed by atoms with Crippen molar-refractivity contribution in [3.63, 3.8) is 0 Å². The Morgan fingerprint density at radius 1 is 0.594 bits per heavy atom. The number of hydrogen-bond donors (Lipinski definition) is 0. The first-order valence-corrected chi connectivity index (χ1v) is 8.00. The van der Waals surface area contributed by atoms with Crippen molar-refractivity contribution in [3.05, 3.63) is 5.82 Å². The van der Waals surface area contributed by atoms with Crippen molar-refractivity contribution in [1.29, 1.82) is 0 Å². The fraction of sp³-hybridized carbons (Fsp3) is 0.846. The largest absolute Gasteiger partial charge is 0.460 e. The molecule has 19 heteroatoms. The van der Waals surface area contributed by atoms with Gasteiger partial charge < -0.3 is 9.42 Å². The van der Waals surface area contributed by atoms with Gasteiger partial charge >= 0.3 is 47.7 Å². The van der Waals surface area contributed by atoms with Crippen LogP contribution in [0, 0.1) is 0 Å². The highest BCUT2D eigenvalue weighted by molar-refractivity contribution is 5.28. The molecule has 0 unspecified atom stereocenters. The summed E-state index contributed by atoms with van der Waals surface area (Å²) in [6.45, 7) is 0.0488. The average molecular weight is 507 g/mol. The lowest BCUT2D eigenvalue weighted by atomic mass is 9.91. The van der Waals surface area contributed by atoms with Gasteiger partial charge in [0.15, 0.2) is 0 Å². The van der Waals surface area contributed by atoms with Gasteiger partial charge in [0.2, 0.25) is 5.82 Å². The van der Waals surface area contributed by atoms with Crippen molar-refractivity contribution in [3.8, 4) is 0 Å². The molecule has 0 aromatic carbocycles. The Hall–Kier alpha value is -2.11. The maximum absolute atomic E-state index is 14.0. The van der Waals surface area contributed by atoms with Gasteiger partial charge in [-0.15, -0.1) is 0 Å². The van der Waals surface area contributed by atoms with E-state index in [1.165, 1.54) is 0 Å². The van der Waals surface area contributed by atoms with Gasteiger partial charge in [-0.25, -0.2) is 0 Å². The molecule has 0 radical (unpaired) electrons. The zero-order chi connectivity index (χ0) is 25.2. The number of anilines is 1. The van der Waals surface area contributed by atoms with Crippen molar-refractivity contribution < 1.29 is 70.4 Å². The van der Waals surface area contributed by atoms with Crippen LogP contribution in [0.15, 0.2) is 4.52 Å². The Balaban J connectivity index is 2.52. The summed E-state index contributed by atoms with van der Waals surface area (Å²) in [5, 5.41) is 2.19. The van der Waals surface area contributed by atoms with Crippen molar-refractivity contribution in [2.24, 2.45) is 0 Å². The number of aromatic nitrogens is 2. The molecule has 1 aliphatic rings. The minimum absolute atomic E-state index is 0.0244. The third-order valence-corrected chi connectivity index (χ3v) is 4.40. The third kappa shape index (κ3) is 3.32. The topological polar surface area (TPSA) is 42.2 Å². The molecule has 186 valence electrons. The maximum atomic E-state index is 14.0. The summed E-state index contributed by atoms with van der Waals surface area (Å²) >= 11 is 0. The molecule has 1 fully saturated rings. The number of nitrogens with zero attached hydrogens (tertiary/aromatic N) is 3. The smallest absolute Gasteiger partial charge is 0.324 e. The Morgan fingerprint density at radius 3 is 1.44 bits per heavy atom. The first-order chi connectivity index (χ1) is 14.1. The van der Waals surface area contributed by atoms with E-state index in [1.54, 1.807) is 0 Å². The minimum atomic E-state index is -8.35. The monoisotopic (exact) mass is 507 g/mol. The highest BCUT2D eigenvalue weighted by atomic mass is 19.4. The van der Waals surface area contributed by atoms with Crippen LogP contribution in [0.5, 0.6) is 0 Å². The molecule has 1 aromatic heterocycles. The molecule has 0 aliphatic carbocycles. The molecule has 1 saturated heterocycles. The van der Waals surface area contributed by atoms with Gasteiger partial charge in [-0.05, 0) is 12.8 Å². The van der Waals surface area contributed by atoms with Crippen molar-refractivity contribution in [2.45, 2.75) is 54.6 Å². The lowest BCUT2D eigenvalue weighted by Crippen LogP contribution is -2.72. The van der Waals surface area contributed by atoms with E-state index >= 15 is 0 Å². The van der Waals surface area contributed by atoms with Crippen LogP contribution in [0.4, 0.5) is 71.9 Å².